The lowest BCUT2D eigenvalue weighted by atomic mass is 9.86. The molecular weight excluding hydrogens is 848 g/mol. The largest absolute Gasteiger partial charge is 0.447 e. The SMILES string of the molecule is CC(C)OC(=O)NC1CCC(c2ncc(-c3ccccc3S(=O)(=O)Cl)s2)CC1.CC(C)OC(=O)NC1CCC(c2ncc(-c3ccccc3S(N)(=O)=O)s2)CC1.N.O. The number of nitrogens with one attached hydrogen (secondary N) is 2. The number of carbonyl (C=O) groups excluding carboxylic acids is 2. The Kier molecular flexibility index (Phi) is 18.1. The van der Waals surface area contributed by atoms with Gasteiger partial charge < -0.3 is 31.7 Å². The third-order valence-corrected chi connectivity index (χ3v) is 14.1. The molecule has 2 amide bonds. The number of amides is 2. The van der Waals surface area contributed by atoms with E-state index in [9.17, 15) is 26.4 Å². The van der Waals surface area contributed by atoms with Crippen LogP contribution in [-0.4, -0.2) is 68.8 Å². The molecule has 2 aromatic heterocycles. The molecule has 15 nitrogen and oxygen atoms in total. The highest BCUT2D eigenvalue weighted by molar-refractivity contribution is 8.13. The van der Waals surface area contributed by atoms with E-state index in [1.165, 1.54) is 34.8 Å². The van der Waals surface area contributed by atoms with Gasteiger partial charge in [-0.05, 0) is 91.2 Å². The van der Waals surface area contributed by atoms with Crippen LogP contribution in [-0.2, 0) is 28.5 Å². The fourth-order valence-electron chi connectivity index (χ4n) is 6.80. The molecule has 2 aromatic carbocycles. The van der Waals surface area contributed by atoms with E-state index in [0.29, 0.717) is 23.0 Å². The van der Waals surface area contributed by atoms with Crippen molar-refractivity contribution in [3.8, 4) is 20.9 Å². The minimum atomic E-state index is -3.83. The fourth-order valence-corrected chi connectivity index (χ4v) is 11.0. The van der Waals surface area contributed by atoms with Crippen molar-refractivity contribution in [3.05, 3.63) is 70.9 Å². The van der Waals surface area contributed by atoms with Gasteiger partial charge >= 0.3 is 12.2 Å². The average Bonchev–Trinajstić information content (AvgIpc) is 3.83. The minimum Gasteiger partial charge on any atom is -0.447 e. The van der Waals surface area contributed by atoms with Gasteiger partial charge in [-0.2, -0.15) is 0 Å². The summed E-state index contributed by atoms with van der Waals surface area (Å²) >= 11 is 3.00. The molecule has 0 spiro atoms. The molecule has 2 aliphatic carbocycles. The van der Waals surface area contributed by atoms with E-state index < -0.39 is 19.1 Å². The van der Waals surface area contributed by atoms with Crippen molar-refractivity contribution in [1.82, 2.24) is 26.8 Å². The maximum Gasteiger partial charge on any atom is 0.407 e. The summed E-state index contributed by atoms with van der Waals surface area (Å²) in [6, 6.07) is 13.6. The van der Waals surface area contributed by atoms with E-state index in [1.54, 1.807) is 48.8 Å². The minimum absolute atomic E-state index is 0. The smallest absolute Gasteiger partial charge is 0.407 e. The van der Waals surface area contributed by atoms with E-state index in [2.05, 4.69) is 20.6 Å². The number of nitrogens with two attached hydrogens (primary N) is 1. The van der Waals surface area contributed by atoms with Crippen molar-refractivity contribution in [2.45, 2.75) is 125 Å². The number of halogens is 1. The van der Waals surface area contributed by atoms with Gasteiger partial charge in [0, 0.05) is 58.1 Å². The molecule has 9 N–H and O–H groups in total. The van der Waals surface area contributed by atoms with Crippen LogP contribution in [0.1, 0.15) is 101 Å². The Morgan fingerprint density at radius 3 is 1.41 bits per heavy atom. The second kappa shape index (κ2) is 21.5. The number of hydrogen-bond acceptors (Lipinski definition) is 13. The molecule has 320 valence electrons. The van der Waals surface area contributed by atoms with Crippen LogP contribution in [0.2, 0.25) is 0 Å². The highest BCUT2D eigenvalue weighted by Crippen LogP contribution is 2.41. The number of nitrogens with zero attached hydrogens (tertiary/aromatic N) is 2. The summed E-state index contributed by atoms with van der Waals surface area (Å²) in [6.07, 6.45) is 9.52. The highest BCUT2D eigenvalue weighted by Gasteiger charge is 2.28. The van der Waals surface area contributed by atoms with Gasteiger partial charge in [0.05, 0.1) is 41.8 Å². The third kappa shape index (κ3) is 13.7. The summed E-state index contributed by atoms with van der Waals surface area (Å²) in [5.74, 6) is 0.609. The molecular formula is C38H53ClN6O9S4. The molecule has 20 heteroatoms. The van der Waals surface area contributed by atoms with Crippen molar-refractivity contribution < 1.29 is 41.4 Å². The molecule has 2 fully saturated rings. The van der Waals surface area contributed by atoms with Gasteiger partial charge in [-0.15, -0.1) is 22.7 Å². The predicted octanol–water partition coefficient (Wildman–Crippen LogP) is 7.85. The number of carbonyl (C=O) groups is 2. The number of benzene rings is 2. The average molecular weight is 902 g/mol. The third-order valence-electron chi connectivity index (χ3n) is 9.40. The van der Waals surface area contributed by atoms with Gasteiger partial charge in [-0.1, -0.05) is 36.4 Å². The number of thiazole rings is 2. The van der Waals surface area contributed by atoms with E-state index in [0.717, 1.165) is 71.1 Å². The fraction of sp³-hybridized carbons (Fsp3) is 0.474. The lowest BCUT2D eigenvalue weighted by Gasteiger charge is -2.28. The van der Waals surface area contributed by atoms with Crippen LogP contribution in [0.3, 0.4) is 0 Å². The van der Waals surface area contributed by atoms with Crippen LogP contribution in [0.5, 0.6) is 0 Å². The predicted molar refractivity (Wildman–Crippen MR) is 228 cm³/mol. The van der Waals surface area contributed by atoms with Crippen LogP contribution in [0.25, 0.3) is 20.9 Å². The Morgan fingerprint density at radius 2 is 1.05 bits per heavy atom. The Labute approximate surface area is 352 Å². The van der Waals surface area contributed by atoms with Crippen LogP contribution >= 0.6 is 33.4 Å². The van der Waals surface area contributed by atoms with Gasteiger partial charge in [0.15, 0.2) is 0 Å². The molecule has 0 aliphatic heterocycles. The first-order chi connectivity index (χ1) is 26.5. The Bertz CT molecular complexity index is 2030. The Hall–Kier alpha value is -3.69. The first-order valence-corrected chi connectivity index (χ1v) is 24.0. The van der Waals surface area contributed by atoms with E-state index in [-0.39, 0.29) is 57.9 Å². The summed E-state index contributed by atoms with van der Waals surface area (Å²) < 4.78 is 57.6. The van der Waals surface area contributed by atoms with Crippen LogP contribution in [0.15, 0.2) is 70.7 Å². The zero-order valence-corrected chi connectivity index (χ0v) is 36.9. The molecule has 0 saturated heterocycles. The standard InChI is InChI=1S/C19H23ClN2O4S2.C19H25N3O4S2.H3N.H2O/c2*1-12(2)26-19(23)22-14-9-7-13(8-10-14)18-21-11-16(27-18)15-5-3-4-6-17(15)28(20,24)25;;/h3-6,11-14H,7-10H2,1-2H3,(H,22,23);3-6,11-14H,7-10H2,1-2H3,(H,22,23)(H2,20,24,25);1H3;1H2. The first-order valence-electron chi connectivity index (χ1n) is 18.5. The van der Waals surface area contributed by atoms with Gasteiger partial charge in [-0.25, -0.2) is 41.5 Å². The van der Waals surface area contributed by atoms with E-state index in [4.69, 9.17) is 25.3 Å². The van der Waals surface area contributed by atoms with E-state index >= 15 is 0 Å². The molecule has 0 bridgehead atoms. The number of ether oxygens (including phenoxy) is 2. The maximum atomic E-state index is 11.8. The van der Waals surface area contributed by atoms with Gasteiger partial charge in [-0.3, -0.25) is 0 Å². The molecule has 6 rings (SSSR count). The van der Waals surface area contributed by atoms with E-state index in [1.807, 2.05) is 27.7 Å². The molecule has 2 saturated carbocycles. The van der Waals surface area contributed by atoms with Crippen LogP contribution < -0.4 is 21.9 Å². The monoisotopic (exact) mass is 900 g/mol. The van der Waals surface area contributed by atoms with Crippen molar-refractivity contribution in [2.24, 2.45) is 5.14 Å². The lowest BCUT2D eigenvalue weighted by Crippen LogP contribution is -2.38. The molecule has 4 aromatic rings. The second-order valence-electron chi connectivity index (χ2n) is 14.4. The van der Waals surface area contributed by atoms with Gasteiger partial charge in [0.1, 0.15) is 0 Å². The Morgan fingerprint density at radius 1 is 0.690 bits per heavy atom. The summed E-state index contributed by atoms with van der Waals surface area (Å²) in [7, 11) is -2.05. The number of sulfonamides is 1. The first kappa shape index (κ1) is 48.7. The number of alkyl carbamates (subject to hydrolysis) is 2. The second-order valence-corrected chi connectivity index (χ2v) is 20.6. The molecule has 2 aliphatic rings. The quantitative estimate of drug-likeness (QED) is 0.111. The normalized spacial score (nSPS) is 19.4. The number of rotatable bonds is 10. The Balaban J connectivity index is 0.000000300. The molecule has 0 atom stereocenters. The van der Waals surface area contributed by atoms with Gasteiger partial charge in [0.25, 0.3) is 9.05 Å². The summed E-state index contributed by atoms with van der Waals surface area (Å²) in [6.45, 7) is 7.30. The number of hydrogen-bond donors (Lipinski definition) is 4. The van der Waals surface area contributed by atoms with Crippen molar-refractivity contribution in [2.75, 3.05) is 0 Å². The molecule has 0 unspecified atom stereocenters. The molecule has 0 radical (unpaired) electrons. The molecule has 58 heavy (non-hydrogen) atoms. The summed E-state index contributed by atoms with van der Waals surface area (Å²) in [4.78, 5) is 34.3. The molecule has 2 heterocycles. The zero-order chi connectivity index (χ0) is 40.6. The summed E-state index contributed by atoms with van der Waals surface area (Å²) in [5.41, 5.74) is 1.16. The highest BCUT2D eigenvalue weighted by atomic mass is 35.7. The van der Waals surface area contributed by atoms with Gasteiger partial charge in [0.2, 0.25) is 10.0 Å². The number of primary sulfonamides is 1. The zero-order valence-electron chi connectivity index (χ0n) is 32.9. The van der Waals surface area contributed by atoms with Crippen LogP contribution in [0, 0.1) is 0 Å². The van der Waals surface area contributed by atoms with Crippen molar-refractivity contribution in [3.63, 3.8) is 0 Å². The lowest BCUT2D eigenvalue weighted by molar-refractivity contribution is 0.108. The van der Waals surface area contributed by atoms with Crippen molar-refractivity contribution in [1.29, 1.82) is 0 Å². The number of aromatic nitrogens is 2. The van der Waals surface area contributed by atoms with Crippen LogP contribution in [0.4, 0.5) is 9.59 Å². The summed E-state index contributed by atoms with van der Waals surface area (Å²) in [5, 5.41) is 13.2. The maximum absolute atomic E-state index is 11.8. The topological polar surface area (TPSA) is 263 Å². The van der Waals surface area contributed by atoms with Crippen molar-refractivity contribution >= 4 is 64.6 Å².